The Morgan fingerprint density at radius 1 is 0.328 bits per heavy atom. The van der Waals surface area contributed by atoms with Gasteiger partial charge in [0.1, 0.15) is 0 Å². The molecule has 10 aromatic rings. The summed E-state index contributed by atoms with van der Waals surface area (Å²) in [5.74, 6) is 0. The predicted octanol–water partition coefficient (Wildman–Crippen LogP) is 15.4. The molecule has 0 saturated carbocycles. The molecule has 0 saturated heterocycles. The van der Waals surface area contributed by atoms with Crippen molar-refractivity contribution in [2.24, 2.45) is 0 Å². The Morgan fingerprint density at radius 2 is 0.776 bits per heavy atom. The second kappa shape index (κ2) is 14.1. The van der Waals surface area contributed by atoms with Crippen LogP contribution >= 0.6 is 11.3 Å². The van der Waals surface area contributed by atoms with E-state index in [0.717, 1.165) is 34.1 Å². The zero-order valence-corrected chi connectivity index (χ0v) is 32.6. The maximum Gasteiger partial charge on any atom is 0.0714 e. The summed E-state index contributed by atoms with van der Waals surface area (Å²) in [7, 11) is 0. The number of thiophene rings is 1. The van der Waals surface area contributed by atoms with Crippen LogP contribution in [0.4, 0.5) is 34.1 Å². The van der Waals surface area contributed by atoms with Crippen LogP contribution in [0.15, 0.2) is 231 Å². The Hall–Kier alpha value is -7.20. The fourth-order valence-electron chi connectivity index (χ4n) is 9.25. The number of hydrogen-bond acceptors (Lipinski definition) is 3. The maximum absolute atomic E-state index is 2.47. The van der Waals surface area contributed by atoms with Crippen LogP contribution in [0.25, 0.3) is 31.3 Å². The molecule has 1 atom stereocenters. The molecule has 0 radical (unpaired) electrons. The van der Waals surface area contributed by atoms with E-state index in [1.807, 2.05) is 11.3 Å². The van der Waals surface area contributed by atoms with Crippen molar-refractivity contribution in [1.29, 1.82) is 0 Å². The van der Waals surface area contributed by atoms with Crippen LogP contribution in [-0.2, 0) is 5.41 Å². The molecule has 1 unspecified atom stereocenters. The minimum atomic E-state index is -0.603. The smallest absolute Gasteiger partial charge is 0.0714 e. The standard InChI is InChI=1S/C55H38N2S/c1-6-18-39(19-7-1)55(40-30-32-45(33-31-40)56(41-20-8-2-9-21-41)42-22-10-3-11-23-42)50-37-36-48-47-28-16-17-29-52(47)58-54(48)53(50)49-35-34-46(38-51(49)55)57(43-24-12-4-13-25-43)44-26-14-5-15-27-44/h1-38H. The molecule has 1 heterocycles. The van der Waals surface area contributed by atoms with Gasteiger partial charge in [-0.15, -0.1) is 11.3 Å². The van der Waals surface area contributed by atoms with Crippen molar-refractivity contribution in [3.8, 4) is 11.1 Å². The first-order chi connectivity index (χ1) is 28.8. The van der Waals surface area contributed by atoms with Gasteiger partial charge in [-0.1, -0.05) is 152 Å². The Bertz CT molecular complexity index is 2960. The summed E-state index contributed by atoms with van der Waals surface area (Å²) in [6, 6.07) is 84.1. The summed E-state index contributed by atoms with van der Waals surface area (Å²) in [6.45, 7) is 0. The van der Waals surface area contributed by atoms with E-state index < -0.39 is 5.41 Å². The minimum Gasteiger partial charge on any atom is -0.311 e. The third-order valence-electron chi connectivity index (χ3n) is 11.7. The molecule has 0 spiro atoms. The van der Waals surface area contributed by atoms with E-state index >= 15 is 0 Å². The number of rotatable bonds is 8. The first-order valence-electron chi connectivity index (χ1n) is 19.9. The van der Waals surface area contributed by atoms with E-state index in [4.69, 9.17) is 0 Å². The van der Waals surface area contributed by atoms with Crippen LogP contribution in [0.1, 0.15) is 22.3 Å². The molecule has 2 nitrogen and oxygen atoms in total. The van der Waals surface area contributed by atoms with Gasteiger partial charge in [-0.2, -0.15) is 0 Å². The highest BCUT2D eigenvalue weighted by molar-refractivity contribution is 7.26. The molecule has 274 valence electrons. The lowest BCUT2D eigenvalue weighted by atomic mass is 9.67. The molecule has 0 fully saturated rings. The van der Waals surface area contributed by atoms with Gasteiger partial charge in [0.2, 0.25) is 0 Å². The summed E-state index contributed by atoms with van der Waals surface area (Å²) >= 11 is 1.91. The second-order valence-corrected chi connectivity index (χ2v) is 15.9. The summed E-state index contributed by atoms with van der Waals surface area (Å²) in [6.07, 6.45) is 0. The molecule has 0 aliphatic heterocycles. The van der Waals surface area contributed by atoms with Crippen molar-refractivity contribution < 1.29 is 0 Å². The summed E-state index contributed by atoms with van der Waals surface area (Å²) in [5, 5.41) is 2.62. The van der Waals surface area contributed by atoms with Crippen LogP contribution in [0, 0.1) is 0 Å². The monoisotopic (exact) mass is 758 g/mol. The first-order valence-corrected chi connectivity index (χ1v) is 20.7. The van der Waals surface area contributed by atoms with E-state index in [2.05, 4.69) is 240 Å². The quantitative estimate of drug-likeness (QED) is 0.152. The highest BCUT2D eigenvalue weighted by Crippen LogP contribution is 2.60. The number of hydrogen-bond donors (Lipinski definition) is 0. The number of nitrogens with zero attached hydrogens (tertiary/aromatic N) is 2. The number of anilines is 6. The molecule has 1 aromatic heterocycles. The zero-order chi connectivity index (χ0) is 38.5. The molecule has 0 bridgehead atoms. The lowest BCUT2D eigenvalue weighted by molar-refractivity contribution is 0.769. The van der Waals surface area contributed by atoms with E-state index in [1.54, 1.807) is 0 Å². The maximum atomic E-state index is 2.47. The van der Waals surface area contributed by atoms with Crippen LogP contribution < -0.4 is 9.80 Å². The minimum absolute atomic E-state index is 0.603. The molecule has 1 aliphatic carbocycles. The molecule has 3 heteroatoms. The van der Waals surface area contributed by atoms with Gasteiger partial charge in [-0.05, 0) is 107 Å². The van der Waals surface area contributed by atoms with Crippen LogP contribution in [0.5, 0.6) is 0 Å². The van der Waals surface area contributed by atoms with E-state index in [9.17, 15) is 0 Å². The van der Waals surface area contributed by atoms with Crippen molar-refractivity contribution >= 4 is 65.6 Å². The first kappa shape index (κ1) is 34.1. The highest BCUT2D eigenvalue weighted by Gasteiger charge is 2.47. The van der Waals surface area contributed by atoms with Crippen LogP contribution in [0.3, 0.4) is 0 Å². The molecular formula is C55H38N2S. The van der Waals surface area contributed by atoms with Gasteiger partial charge in [-0.3, -0.25) is 0 Å². The van der Waals surface area contributed by atoms with Gasteiger partial charge >= 0.3 is 0 Å². The van der Waals surface area contributed by atoms with Gasteiger partial charge in [0, 0.05) is 59.9 Å². The van der Waals surface area contributed by atoms with Crippen molar-refractivity contribution in [2.75, 3.05) is 9.80 Å². The molecule has 11 rings (SSSR count). The Kier molecular flexibility index (Phi) is 8.27. The molecule has 1 aliphatic rings. The van der Waals surface area contributed by atoms with Crippen LogP contribution in [-0.4, -0.2) is 0 Å². The van der Waals surface area contributed by atoms with Crippen molar-refractivity contribution in [2.45, 2.75) is 5.41 Å². The van der Waals surface area contributed by atoms with E-state index in [-0.39, 0.29) is 0 Å². The Morgan fingerprint density at radius 3 is 1.34 bits per heavy atom. The topological polar surface area (TPSA) is 6.48 Å². The van der Waals surface area contributed by atoms with Crippen LogP contribution in [0.2, 0.25) is 0 Å². The zero-order valence-electron chi connectivity index (χ0n) is 31.7. The van der Waals surface area contributed by atoms with E-state index in [1.165, 1.54) is 53.6 Å². The van der Waals surface area contributed by atoms with Gasteiger partial charge < -0.3 is 9.80 Å². The molecule has 9 aromatic carbocycles. The van der Waals surface area contributed by atoms with Gasteiger partial charge in [0.05, 0.1) is 5.41 Å². The fourth-order valence-corrected chi connectivity index (χ4v) is 10.5. The molecule has 58 heavy (non-hydrogen) atoms. The SMILES string of the molecule is c1ccc(N(c2ccccc2)c2ccc(C3(c4ccccc4)c4cc(N(c5ccccc5)c5ccccc5)ccc4-c4c3ccc3c4sc4ccccc43)cc2)cc1. The van der Waals surface area contributed by atoms with Crippen molar-refractivity contribution in [3.63, 3.8) is 0 Å². The van der Waals surface area contributed by atoms with Gasteiger partial charge in [0.15, 0.2) is 0 Å². The summed E-state index contributed by atoms with van der Waals surface area (Å²) in [4.78, 5) is 4.72. The lowest BCUT2D eigenvalue weighted by Gasteiger charge is -2.35. The molecule has 0 amide bonds. The summed E-state index contributed by atoms with van der Waals surface area (Å²) in [5.41, 5.74) is 13.8. The Labute approximate surface area is 343 Å². The number of para-hydroxylation sites is 4. The number of benzene rings is 9. The third kappa shape index (κ3) is 5.39. The second-order valence-electron chi connectivity index (χ2n) is 14.9. The van der Waals surface area contributed by atoms with Crippen molar-refractivity contribution in [1.82, 2.24) is 0 Å². The molecule has 0 N–H and O–H groups in total. The predicted molar refractivity (Wildman–Crippen MR) is 246 cm³/mol. The number of fused-ring (bicyclic) bond motifs is 7. The lowest BCUT2D eigenvalue weighted by Crippen LogP contribution is -2.29. The average Bonchev–Trinajstić information content (AvgIpc) is 3.82. The largest absolute Gasteiger partial charge is 0.311 e. The van der Waals surface area contributed by atoms with Gasteiger partial charge in [-0.25, -0.2) is 0 Å². The molecular weight excluding hydrogens is 721 g/mol. The van der Waals surface area contributed by atoms with Crippen molar-refractivity contribution in [3.05, 3.63) is 253 Å². The summed E-state index contributed by atoms with van der Waals surface area (Å²) < 4.78 is 2.65. The Balaban J connectivity index is 1.20. The fraction of sp³-hybridized carbons (Fsp3) is 0.0182. The van der Waals surface area contributed by atoms with Gasteiger partial charge in [0.25, 0.3) is 0 Å². The average molecular weight is 759 g/mol. The highest BCUT2D eigenvalue weighted by atomic mass is 32.1. The normalized spacial score (nSPS) is 14.3. The third-order valence-corrected chi connectivity index (χ3v) is 12.9. The van der Waals surface area contributed by atoms with E-state index in [0.29, 0.717) is 0 Å².